The van der Waals surface area contributed by atoms with Crippen LogP contribution in [0.3, 0.4) is 0 Å². The number of hydrogen-bond acceptors (Lipinski definition) is 7. The highest BCUT2D eigenvalue weighted by atomic mass is 79.9. The topological polar surface area (TPSA) is 128 Å². The summed E-state index contributed by atoms with van der Waals surface area (Å²) in [4.78, 5) is 27.2. The van der Waals surface area contributed by atoms with Crippen molar-refractivity contribution in [3.8, 4) is 17.4 Å². The number of nitro groups is 1. The summed E-state index contributed by atoms with van der Waals surface area (Å²) < 4.78 is 11.8. The molecule has 1 heterocycles. The van der Waals surface area contributed by atoms with Crippen LogP contribution in [-0.2, 0) is 0 Å². The predicted octanol–water partition coefficient (Wildman–Crippen LogP) is 3.11. The lowest BCUT2D eigenvalue weighted by Gasteiger charge is -2.13. The van der Waals surface area contributed by atoms with Crippen molar-refractivity contribution in [1.82, 2.24) is 9.97 Å². The van der Waals surface area contributed by atoms with Gasteiger partial charge in [-0.3, -0.25) is 14.9 Å². The van der Waals surface area contributed by atoms with Crippen LogP contribution < -0.4 is 15.0 Å². The first-order valence-corrected chi connectivity index (χ1v) is 8.41. The van der Waals surface area contributed by atoms with Crippen LogP contribution in [0.25, 0.3) is 12.2 Å². The normalized spacial score (nSPS) is 10.9. The number of aromatic nitrogens is 2. The van der Waals surface area contributed by atoms with Gasteiger partial charge < -0.3 is 19.6 Å². The minimum Gasteiger partial charge on any atom is -0.490 e. The molecule has 0 aliphatic carbocycles. The molecule has 0 aliphatic heterocycles. The maximum absolute atomic E-state index is 11.6. The van der Waals surface area contributed by atoms with E-state index in [2.05, 4.69) is 25.9 Å². The molecular formula is C16H16BrN3O6. The van der Waals surface area contributed by atoms with E-state index >= 15 is 0 Å². The summed E-state index contributed by atoms with van der Waals surface area (Å²) in [6.45, 7) is 4.63. The average molecular weight is 426 g/mol. The van der Waals surface area contributed by atoms with E-state index in [-0.39, 0.29) is 5.82 Å². The summed E-state index contributed by atoms with van der Waals surface area (Å²) in [5, 5.41) is 20.2. The SMILES string of the molecule is CCOc1cc(/C=C\c2nc(O)c([N+](=O)[O-])c(=O)[nH]2)cc(Br)c1OCC. The van der Waals surface area contributed by atoms with Crippen molar-refractivity contribution in [2.24, 2.45) is 0 Å². The summed E-state index contributed by atoms with van der Waals surface area (Å²) >= 11 is 3.42. The van der Waals surface area contributed by atoms with Gasteiger partial charge in [0.1, 0.15) is 5.82 Å². The summed E-state index contributed by atoms with van der Waals surface area (Å²) in [6.07, 6.45) is 3.01. The molecule has 26 heavy (non-hydrogen) atoms. The molecular weight excluding hydrogens is 410 g/mol. The third-order valence-corrected chi connectivity index (χ3v) is 3.72. The van der Waals surface area contributed by atoms with Gasteiger partial charge >= 0.3 is 11.2 Å². The number of aromatic amines is 1. The highest BCUT2D eigenvalue weighted by Crippen LogP contribution is 2.37. The van der Waals surface area contributed by atoms with Gasteiger partial charge in [0.25, 0.3) is 5.88 Å². The third kappa shape index (κ3) is 4.39. The van der Waals surface area contributed by atoms with Gasteiger partial charge in [-0.1, -0.05) is 6.08 Å². The minimum absolute atomic E-state index is 0.0268. The lowest BCUT2D eigenvalue weighted by molar-refractivity contribution is -0.387. The van der Waals surface area contributed by atoms with Crippen molar-refractivity contribution >= 4 is 33.8 Å². The zero-order chi connectivity index (χ0) is 19.3. The van der Waals surface area contributed by atoms with Crippen molar-refractivity contribution in [2.75, 3.05) is 13.2 Å². The Morgan fingerprint density at radius 3 is 2.58 bits per heavy atom. The second-order valence-corrected chi connectivity index (χ2v) is 5.76. The Labute approximate surface area is 156 Å². The van der Waals surface area contributed by atoms with Crippen molar-refractivity contribution in [3.63, 3.8) is 0 Å². The molecule has 1 aromatic heterocycles. The molecule has 0 bridgehead atoms. The summed E-state index contributed by atoms with van der Waals surface area (Å²) in [5.74, 6) is 0.143. The lowest BCUT2D eigenvalue weighted by atomic mass is 10.2. The van der Waals surface area contributed by atoms with Gasteiger partial charge in [0.15, 0.2) is 11.5 Å². The van der Waals surface area contributed by atoms with Gasteiger partial charge in [0, 0.05) is 0 Å². The van der Waals surface area contributed by atoms with Crippen molar-refractivity contribution in [1.29, 1.82) is 0 Å². The van der Waals surface area contributed by atoms with E-state index in [1.54, 1.807) is 18.2 Å². The van der Waals surface area contributed by atoms with Crippen LogP contribution >= 0.6 is 15.9 Å². The van der Waals surface area contributed by atoms with Gasteiger partial charge in [0.05, 0.1) is 22.6 Å². The molecule has 0 amide bonds. The Bertz CT molecular complexity index is 910. The Hall–Kier alpha value is -2.88. The van der Waals surface area contributed by atoms with Gasteiger partial charge in [-0.2, -0.15) is 4.98 Å². The Balaban J connectivity index is 2.39. The van der Waals surface area contributed by atoms with Gasteiger partial charge in [-0.25, -0.2) is 0 Å². The number of H-pyrrole nitrogens is 1. The number of halogens is 1. The van der Waals surface area contributed by atoms with E-state index in [0.717, 1.165) is 0 Å². The van der Waals surface area contributed by atoms with Crippen LogP contribution in [0.1, 0.15) is 25.2 Å². The van der Waals surface area contributed by atoms with Crippen molar-refractivity contribution in [3.05, 3.63) is 48.5 Å². The van der Waals surface area contributed by atoms with Crippen molar-refractivity contribution in [2.45, 2.75) is 13.8 Å². The summed E-state index contributed by atoms with van der Waals surface area (Å²) in [5.41, 5.74) is -1.33. The number of benzene rings is 1. The van der Waals surface area contributed by atoms with Crippen LogP contribution in [0.4, 0.5) is 5.69 Å². The molecule has 2 aromatic rings. The van der Waals surface area contributed by atoms with Crippen LogP contribution in [0.2, 0.25) is 0 Å². The molecule has 0 radical (unpaired) electrons. The second kappa shape index (κ2) is 8.48. The molecule has 2 N–H and O–H groups in total. The molecule has 0 saturated carbocycles. The minimum atomic E-state index is -1.04. The van der Waals surface area contributed by atoms with Gasteiger partial charge in [0.2, 0.25) is 0 Å². The van der Waals surface area contributed by atoms with E-state index < -0.39 is 22.0 Å². The first-order valence-electron chi connectivity index (χ1n) is 7.62. The monoisotopic (exact) mass is 425 g/mol. The molecule has 0 fully saturated rings. The van der Waals surface area contributed by atoms with Crippen LogP contribution in [-0.4, -0.2) is 33.2 Å². The molecule has 0 saturated heterocycles. The first kappa shape index (κ1) is 19.4. The Kier molecular flexibility index (Phi) is 6.34. The highest BCUT2D eigenvalue weighted by molar-refractivity contribution is 9.10. The molecule has 0 unspecified atom stereocenters. The average Bonchev–Trinajstić information content (AvgIpc) is 2.55. The molecule has 9 nitrogen and oxygen atoms in total. The largest absolute Gasteiger partial charge is 0.490 e. The molecule has 1 aromatic carbocycles. The van der Waals surface area contributed by atoms with Crippen LogP contribution in [0, 0.1) is 10.1 Å². The number of ether oxygens (including phenoxy) is 2. The lowest BCUT2D eigenvalue weighted by Crippen LogP contribution is -2.14. The predicted molar refractivity (Wildman–Crippen MR) is 98.6 cm³/mol. The van der Waals surface area contributed by atoms with E-state index in [1.165, 1.54) is 6.08 Å². The van der Waals surface area contributed by atoms with E-state index in [4.69, 9.17) is 9.47 Å². The summed E-state index contributed by atoms with van der Waals surface area (Å²) in [6, 6.07) is 3.51. The van der Waals surface area contributed by atoms with Crippen LogP contribution in [0.5, 0.6) is 17.4 Å². The maximum Gasteiger partial charge on any atom is 0.395 e. The zero-order valence-electron chi connectivity index (χ0n) is 14.0. The molecule has 2 rings (SSSR count). The fraction of sp³-hybridized carbons (Fsp3) is 0.250. The van der Waals surface area contributed by atoms with Crippen molar-refractivity contribution < 1.29 is 19.5 Å². The third-order valence-electron chi connectivity index (χ3n) is 3.13. The number of nitrogens with one attached hydrogen (secondary N) is 1. The summed E-state index contributed by atoms with van der Waals surface area (Å²) in [7, 11) is 0. The van der Waals surface area contributed by atoms with Gasteiger partial charge in [-0.05, 0) is 53.5 Å². The molecule has 0 atom stereocenters. The molecule has 10 heteroatoms. The maximum atomic E-state index is 11.6. The fourth-order valence-electron chi connectivity index (χ4n) is 2.12. The van der Waals surface area contributed by atoms with E-state index in [1.807, 2.05) is 13.8 Å². The van der Waals surface area contributed by atoms with Crippen LogP contribution in [0.15, 0.2) is 21.4 Å². The van der Waals surface area contributed by atoms with Gasteiger partial charge in [-0.15, -0.1) is 0 Å². The molecule has 0 aliphatic rings. The Morgan fingerprint density at radius 2 is 2.00 bits per heavy atom. The number of hydrogen-bond donors (Lipinski definition) is 2. The number of aromatic hydroxyl groups is 1. The van der Waals surface area contributed by atoms with E-state index in [9.17, 15) is 20.0 Å². The van der Waals surface area contributed by atoms with E-state index in [0.29, 0.717) is 34.7 Å². The zero-order valence-corrected chi connectivity index (χ0v) is 15.6. The number of nitrogens with zero attached hydrogens (tertiary/aromatic N) is 2. The first-order chi connectivity index (χ1) is 12.4. The standard InChI is InChI=1S/C16H16BrN3O6/c1-3-25-11-8-9(7-10(17)14(11)26-4-2)5-6-12-18-15(21)13(20(23)24)16(22)19-12/h5-8H,3-4H2,1-2H3,(H2,18,19,21,22)/b6-5-. The fourth-order valence-corrected chi connectivity index (χ4v) is 2.70. The second-order valence-electron chi connectivity index (χ2n) is 4.91. The Morgan fingerprint density at radius 1 is 1.31 bits per heavy atom. The number of rotatable bonds is 7. The molecule has 138 valence electrons. The smallest absolute Gasteiger partial charge is 0.395 e. The quantitative estimate of drug-likeness (QED) is 0.514. The highest BCUT2D eigenvalue weighted by Gasteiger charge is 2.21. The molecule has 0 spiro atoms.